The van der Waals surface area contributed by atoms with Crippen LogP contribution in [-0.4, -0.2) is 42.0 Å². The standard InChI is InChI=1S/C20H27N3O2/c1-14-10-15(2)13-23(12-14)9-5-8-21-19(24)17-11-16-6-3-4-7-18(16)22-20(17)25/h3-4,6-7,11,14-15H,5,8-10,12-13H2,1-2H3,(H,21,24)(H,22,25)/t14-,15-/m0/s1. The number of fused-ring (bicyclic) bond motifs is 1. The van der Waals surface area contributed by atoms with Crippen LogP contribution in [0, 0.1) is 11.8 Å². The molecule has 1 aromatic heterocycles. The number of carbonyl (C=O) groups excluding carboxylic acids is 1. The Morgan fingerprint density at radius 1 is 1.24 bits per heavy atom. The van der Waals surface area contributed by atoms with Gasteiger partial charge in [-0.25, -0.2) is 0 Å². The Kier molecular flexibility index (Phi) is 5.53. The summed E-state index contributed by atoms with van der Waals surface area (Å²) in [4.78, 5) is 29.7. The summed E-state index contributed by atoms with van der Waals surface area (Å²) in [5, 5.41) is 3.75. The van der Waals surface area contributed by atoms with Crippen molar-refractivity contribution in [2.24, 2.45) is 11.8 Å². The molecule has 2 heterocycles. The third-order valence-corrected chi connectivity index (χ3v) is 4.88. The first kappa shape index (κ1) is 17.7. The van der Waals surface area contributed by atoms with Crippen molar-refractivity contribution in [1.29, 1.82) is 0 Å². The van der Waals surface area contributed by atoms with E-state index in [2.05, 4.69) is 29.0 Å². The van der Waals surface area contributed by atoms with Gasteiger partial charge in [0.2, 0.25) is 0 Å². The Morgan fingerprint density at radius 2 is 1.96 bits per heavy atom. The first-order valence-corrected chi connectivity index (χ1v) is 9.15. The Labute approximate surface area is 148 Å². The number of nitrogens with one attached hydrogen (secondary N) is 2. The molecule has 5 heteroatoms. The number of hydrogen-bond donors (Lipinski definition) is 2. The summed E-state index contributed by atoms with van der Waals surface area (Å²) in [6.45, 7) is 8.46. The molecule has 5 nitrogen and oxygen atoms in total. The quantitative estimate of drug-likeness (QED) is 0.822. The van der Waals surface area contributed by atoms with Gasteiger partial charge in [-0.05, 0) is 48.7 Å². The number of pyridine rings is 1. The molecule has 0 radical (unpaired) electrons. The highest BCUT2D eigenvalue weighted by molar-refractivity contribution is 5.97. The number of aromatic nitrogens is 1. The Hall–Kier alpha value is -2.14. The van der Waals surface area contributed by atoms with Crippen LogP contribution in [0.1, 0.15) is 37.0 Å². The van der Waals surface area contributed by atoms with Crippen LogP contribution in [0.2, 0.25) is 0 Å². The lowest BCUT2D eigenvalue weighted by atomic mass is 9.92. The predicted molar refractivity (Wildman–Crippen MR) is 101 cm³/mol. The van der Waals surface area contributed by atoms with E-state index in [4.69, 9.17) is 0 Å². The van der Waals surface area contributed by atoms with Crippen LogP contribution in [-0.2, 0) is 0 Å². The monoisotopic (exact) mass is 341 g/mol. The molecule has 134 valence electrons. The highest BCUT2D eigenvalue weighted by Crippen LogP contribution is 2.20. The van der Waals surface area contributed by atoms with E-state index in [9.17, 15) is 9.59 Å². The average molecular weight is 341 g/mol. The van der Waals surface area contributed by atoms with Gasteiger partial charge in [0.15, 0.2) is 0 Å². The van der Waals surface area contributed by atoms with E-state index in [1.807, 2.05) is 24.3 Å². The second-order valence-corrected chi connectivity index (χ2v) is 7.41. The second kappa shape index (κ2) is 7.83. The van der Waals surface area contributed by atoms with Crippen LogP contribution in [0.4, 0.5) is 0 Å². The number of hydrogen-bond acceptors (Lipinski definition) is 3. The molecular formula is C20H27N3O2. The smallest absolute Gasteiger partial charge is 0.261 e. The second-order valence-electron chi connectivity index (χ2n) is 7.41. The molecule has 3 rings (SSSR count). The number of aromatic amines is 1. The molecule has 1 fully saturated rings. The number of nitrogens with zero attached hydrogens (tertiary/aromatic N) is 1. The normalized spacial score (nSPS) is 21.4. The fourth-order valence-corrected chi connectivity index (χ4v) is 3.89. The van der Waals surface area contributed by atoms with Crippen LogP contribution >= 0.6 is 0 Å². The zero-order valence-electron chi connectivity index (χ0n) is 15.0. The van der Waals surface area contributed by atoms with Crippen LogP contribution < -0.4 is 10.9 Å². The molecule has 1 aliphatic heterocycles. The van der Waals surface area contributed by atoms with Crippen molar-refractivity contribution in [3.05, 3.63) is 46.2 Å². The molecule has 2 atom stereocenters. The van der Waals surface area contributed by atoms with E-state index in [1.165, 1.54) is 6.42 Å². The van der Waals surface area contributed by atoms with Gasteiger partial charge < -0.3 is 15.2 Å². The number of amides is 1. The van der Waals surface area contributed by atoms with Crippen molar-refractivity contribution >= 4 is 16.8 Å². The van der Waals surface area contributed by atoms with Gasteiger partial charge in [0, 0.05) is 25.2 Å². The van der Waals surface area contributed by atoms with E-state index < -0.39 is 0 Å². The Balaban J connectivity index is 1.53. The summed E-state index contributed by atoms with van der Waals surface area (Å²) in [6.07, 6.45) is 2.20. The maximum absolute atomic E-state index is 12.3. The van der Waals surface area contributed by atoms with E-state index in [0.717, 1.165) is 48.8 Å². The van der Waals surface area contributed by atoms with Gasteiger partial charge in [-0.15, -0.1) is 0 Å². The number of likely N-dealkylation sites (tertiary alicyclic amines) is 1. The fraction of sp³-hybridized carbons (Fsp3) is 0.500. The van der Waals surface area contributed by atoms with Gasteiger partial charge in [0.25, 0.3) is 11.5 Å². The number of rotatable bonds is 5. The summed E-state index contributed by atoms with van der Waals surface area (Å²) in [5.74, 6) is 1.19. The number of piperidine rings is 1. The lowest BCUT2D eigenvalue weighted by Crippen LogP contribution is -2.40. The lowest BCUT2D eigenvalue weighted by molar-refractivity contribution is 0.0946. The summed E-state index contributed by atoms with van der Waals surface area (Å²) in [7, 11) is 0. The maximum Gasteiger partial charge on any atom is 0.261 e. The van der Waals surface area contributed by atoms with Gasteiger partial charge >= 0.3 is 0 Å². The predicted octanol–water partition coefficient (Wildman–Crippen LogP) is 2.63. The minimum atomic E-state index is -0.338. The zero-order chi connectivity index (χ0) is 17.8. The summed E-state index contributed by atoms with van der Waals surface area (Å²) in [5.41, 5.74) is 0.589. The first-order valence-electron chi connectivity index (χ1n) is 9.15. The number of carbonyl (C=O) groups is 1. The van der Waals surface area contributed by atoms with Crippen molar-refractivity contribution in [1.82, 2.24) is 15.2 Å². The summed E-state index contributed by atoms with van der Waals surface area (Å²) in [6, 6.07) is 9.14. The van der Waals surface area contributed by atoms with Crippen LogP contribution in [0.3, 0.4) is 0 Å². The molecule has 0 unspecified atom stereocenters. The molecule has 2 N–H and O–H groups in total. The molecule has 2 aromatic rings. The van der Waals surface area contributed by atoms with Crippen molar-refractivity contribution in [3.63, 3.8) is 0 Å². The third kappa shape index (κ3) is 4.48. The van der Waals surface area contributed by atoms with Crippen LogP contribution in [0.25, 0.3) is 10.9 Å². The molecule has 0 spiro atoms. The zero-order valence-corrected chi connectivity index (χ0v) is 15.0. The first-order chi connectivity index (χ1) is 12.0. The Bertz CT molecular complexity index is 789. The third-order valence-electron chi connectivity index (χ3n) is 4.88. The fourth-order valence-electron chi connectivity index (χ4n) is 3.89. The molecule has 0 aliphatic carbocycles. The van der Waals surface area contributed by atoms with Crippen molar-refractivity contribution in [3.8, 4) is 0 Å². The van der Waals surface area contributed by atoms with Crippen molar-refractivity contribution < 1.29 is 4.79 Å². The lowest BCUT2D eigenvalue weighted by Gasteiger charge is -2.34. The van der Waals surface area contributed by atoms with Crippen molar-refractivity contribution in [2.45, 2.75) is 26.7 Å². The molecule has 25 heavy (non-hydrogen) atoms. The largest absolute Gasteiger partial charge is 0.352 e. The molecule has 1 aromatic carbocycles. The van der Waals surface area contributed by atoms with Gasteiger partial charge in [-0.2, -0.15) is 0 Å². The molecule has 1 aliphatic rings. The molecule has 0 bridgehead atoms. The topological polar surface area (TPSA) is 65.2 Å². The highest BCUT2D eigenvalue weighted by atomic mass is 16.2. The van der Waals surface area contributed by atoms with E-state index in [0.29, 0.717) is 6.54 Å². The van der Waals surface area contributed by atoms with Gasteiger partial charge in [-0.3, -0.25) is 9.59 Å². The minimum Gasteiger partial charge on any atom is -0.352 e. The van der Waals surface area contributed by atoms with E-state index in [-0.39, 0.29) is 17.0 Å². The molecular weight excluding hydrogens is 314 g/mol. The molecule has 1 saturated heterocycles. The Morgan fingerprint density at radius 3 is 2.72 bits per heavy atom. The van der Waals surface area contributed by atoms with E-state index >= 15 is 0 Å². The SMILES string of the molecule is C[C@H]1C[C@H](C)CN(CCCNC(=O)c2cc3ccccc3[nH]c2=O)C1. The average Bonchev–Trinajstić information content (AvgIpc) is 2.57. The van der Waals surface area contributed by atoms with Gasteiger partial charge in [0.1, 0.15) is 5.56 Å². The number of H-pyrrole nitrogens is 1. The van der Waals surface area contributed by atoms with Crippen molar-refractivity contribution in [2.75, 3.05) is 26.2 Å². The summed E-state index contributed by atoms with van der Waals surface area (Å²) >= 11 is 0. The number of para-hydroxylation sites is 1. The number of benzene rings is 1. The molecule has 0 saturated carbocycles. The highest BCUT2D eigenvalue weighted by Gasteiger charge is 2.21. The van der Waals surface area contributed by atoms with Gasteiger partial charge in [0.05, 0.1) is 0 Å². The van der Waals surface area contributed by atoms with Crippen LogP contribution in [0.15, 0.2) is 35.1 Å². The molecule has 1 amide bonds. The van der Waals surface area contributed by atoms with Gasteiger partial charge in [-0.1, -0.05) is 32.0 Å². The minimum absolute atomic E-state index is 0.180. The summed E-state index contributed by atoms with van der Waals surface area (Å²) < 4.78 is 0. The van der Waals surface area contributed by atoms with E-state index in [1.54, 1.807) is 6.07 Å². The maximum atomic E-state index is 12.3. The van der Waals surface area contributed by atoms with Crippen LogP contribution in [0.5, 0.6) is 0 Å².